The van der Waals surface area contributed by atoms with E-state index in [1.165, 1.54) is 18.5 Å². The predicted octanol–water partition coefficient (Wildman–Crippen LogP) is 1.60. The zero-order chi connectivity index (χ0) is 21.5. The van der Waals surface area contributed by atoms with Gasteiger partial charge in [-0.15, -0.1) is 0 Å². The van der Waals surface area contributed by atoms with E-state index in [-0.39, 0.29) is 17.2 Å². The molecule has 1 aromatic carbocycles. The highest BCUT2D eigenvalue weighted by Gasteiger charge is 2.24. The number of nitrogens with zero attached hydrogens (tertiary/aromatic N) is 4. The van der Waals surface area contributed by atoms with Crippen molar-refractivity contribution in [2.24, 2.45) is 0 Å². The van der Waals surface area contributed by atoms with Gasteiger partial charge in [0.25, 0.3) is 11.8 Å². The van der Waals surface area contributed by atoms with Crippen molar-refractivity contribution < 1.29 is 14.5 Å². The van der Waals surface area contributed by atoms with Crippen molar-refractivity contribution in [2.75, 3.05) is 10.9 Å². The smallest absolute Gasteiger partial charge is 0.276 e. The first-order chi connectivity index (χ1) is 14.5. The van der Waals surface area contributed by atoms with Crippen LogP contribution in [0.25, 0.3) is 0 Å². The Morgan fingerprint density at radius 3 is 2.23 bits per heavy atom. The topological polar surface area (TPSA) is 164 Å². The minimum atomic E-state index is -0.749. The highest BCUT2D eigenvalue weighted by Crippen LogP contribution is 2.27. The standard InChI is InChI=1S/C18H16N8O4/c1-11-5-2-3-7-13(11)18(28)25-23-16-14(26(29)30)15(20-10-21-16)22-24-17(27)12-6-4-8-19-9-12/h2-10H,1H3,(H,24,27)(H,25,28)(H2,20,21,22,23). The highest BCUT2D eigenvalue weighted by atomic mass is 16.6. The Bertz CT molecular complexity index is 1090. The first kappa shape index (κ1) is 20.1. The Labute approximate surface area is 169 Å². The van der Waals surface area contributed by atoms with Crippen LogP contribution < -0.4 is 21.7 Å². The molecule has 0 radical (unpaired) electrons. The summed E-state index contributed by atoms with van der Waals surface area (Å²) in [5.41, 5.74) is 10.3. The molecule has 0 aliphatic rings. The summed E-state index contributed by atoms with van der Waals surface area (Å²) in [4.78, 5) is 46.6. The summed E-state index contributed by atoms with van der Waals surface area (Å²) >= 11 is 0. The number of carbonyl (C=O) groups excluding carboxylic acids is 2. The number of benzene rings is 1. The van der Waals surface area contributed by atoms with Gasteiger partial charge in [0.2, 0.25) is 11.6 Å². The molecule has 0 spiro atoms. The molecule has 0 aliphatic heterocycles. The van der Waals surface area contributed by atoms with Crippen LogP contribution in [0.5, 0.6) is 0 Å². The SMILES string of the molecule is Cc1ccccc1C(=O)NNc1ncnc(NNC(=O)c2cccnc2)c1[N+](=O)[O-]. The first-order valence-corrected chi connectivity index (χ1v) is 8.55. The quantitative estimate of drug-likeness (QED) is 0.336. The lowest BCUT2D eigenvalue weighted by atomic mass is 10.1. The van der Waals surface area contributed by atoms with E-state index < -0.39 is 22.4 Å². The monoisotopic (exact) mass is 408 g/mol. The number of hydrogen-bond donors (Lipinski definition) is 4. The molecule has 0 aliphatic carbocycles. The summed E-state index contributed by atoms with van der Waals surface area (Å²) in [6, 6.07) is 9.94. The van der Waals surface area contributed by atoms with Gasteiger partial charge >= 0.3 is 5.69 Å². The number of aryl methyl sites for hydroxylation is 1. The van der Waals surface area contributed by atoms with Crippen molar-refractivity contribution >= 4 is 29.1 Å². The molecular weight excluding hydrogens is 392 g/mol. The number of nitro groups is 1. The van der Waals surface area contributed by atoms with Crippen LogP contribution in [0.4, 0.5) is 17.3 Å². The average molecular weight is 408 g/mol. The van der Waals surface area contributed by atoms with E-state index in [4.69, 9.17) is 0 Å². The molecule has 12 heteroatoms. The van der Waals surface area contributed by atoms with Gasteiger partial charge in [-0.1, -0.05) is 18.2 Å². The zero-order valence-corrected chi connectivity index (χ0v) is 15.6. The number of hydrogen-bond acceptors (Lipinski definition) is 9. The molecule has 2 aromatic heterocycles. The number of nitrogens with one attached hydrogen (secondary N) is 4. The molecule has 152 valence electrons. The van der Waals surface area contributed by atoms with Gasteiger partial charge in [-0.25, -0.2) is 9.97 Å². The maximum Gasteiger partial charge on any atom is 0.356 e. The van der Waals surface area contributed by atoms with Crippen LogP contribution in [-0.4, -0.2) is 31.7 Å². The Hall–Kier alpha value is -4.61. The van der Waals surface area contributed by atoms with Crippen molar-refractivity contribution in [3.63, 3.8) is 0 Å². The second kappa shape index (κ2) is 9.05. The number of aromatic nitrogens is 3. The van der Waals surface area contributed by atoms with Crippen LogP contribution >= 0.6 is 0 Å². The maximum atomic E-state index is 12.3. The molecule has 3 rings (SSSR count). The van der Waals surface area contributed by atoms with Crippen molar-refractivity contribution in [1.82, 2.24) is 25.8 Å². The molecule has 0 saturated heterocycles. The van der Waals surface area contributed by atoms with E-state index in [0.29, 0.717) is 5.56 Å². The fourth-order valence-electron chi connectivity index (χ4n) is 2.43. The summed E-state index contributed by atoms with van der Waals surface area (Å²) in [6.45, 7) is 1.76. The van der Waals surface area contributed by atoms with Gasteiger partial charge < -0.3 is 0 Å². The van der Waals surface area contributed by atoms with E-state index >= 15 is 0 Å². The van der Waals surface area contributed by atoms with Crippen LogP contribution in [0.3, 0.4) is 0 Å². The van der Waals surface area contributed by atoms with E-state index in [2.05, 4.69) is 36.7 Å². The van der Waals surface area contributed by atoms with Crippen LogP contribution in [-0.2, 0) is 0 Å². The third kappa shape index (κ3) is 4.62. The summed E-state index contributed by atoms with van der Waals surface area (Å²) in [5.74, 6) is -1.62. The maximum absolute atomic E-state index is 12.3. The Morgan fingerprint density at radius 2 is 1.63 bits per heavy atom. The van der Waals surface area contributed by atoms with Gasteiger partial charge in [-0.2, -0.15) is 0 Å². The number of carbonyl (C=O) groups is 2. The number of amides is 2. The molecule has 2 heterocycles. The lowest BCUT2D eigenvalue weighted by molar-refractivity contribution is -0.383. The van der Waals surface area contributed by atoms with Gasteiger partial charge in [0.15, 0.2) is 0 Å². The molecule has 0 atom stereocenters. The number of rotatable bonds is 7. The lowest BCUT2D eigenvalue weighted by Gasteiger charge is -2.12. The summed E-state index contributed by atoms with van der Waals surface area (Å²) in [7, 11) is 0. The van der Waals surface area contributed by atoms with E-state index in [1.807, 2.05) is 0 Å². The van der Waals surface area contributed by atoms with Gasteiger partial charge in [-0.3, -0.25) is 46.4 Å². The third-order valence-electron chi connectivity index (χ3n) is 3.91. The lowest BCUT2D eigenvalue weighted by Crippen LogP contribution is -2.32. The van der Waals surface area contributed by atoms with Crippen molar-refractivity contribution in [2.45, 2.75) is 6.92 Å². The highest BCUT2D eigenvalue weighted by molar-refractivity contribution is 5.96. The molecule has 12 nitrogen and oxygen atoms in total. The average Bonchev–Trinajstić information content (AvgIpc) is 2.76. The van der Waals surface area contributed by atoms with Crippen LogP contribution in [0, 0.1) is 17.0 Å². The normalized spacial score (nSPS) is 10.0. The zero-order valence-electron chi connectivity index (χ0n) is 15.6. The molecule has 30 heavy (non-hydrogen) atoms. The van der Waals surface area contributed by atoms with Crippen LogP contribution in [0.1, 0.15) is 26.3 Å². The largest absolute Gasteiger partial charge is 0.356 e. The van der Waals surface area contributed by atoms with E-state index in [0.717, 1.165) is 11.9 Å². The second-order valence-electron chi connectivity index (χ2n) is 5.89. The third-order valence-corrected chi connectivity index (χ3v) is 3.91. The van der Waals surface area contributed by atoms with Gasteiger partial charge in [0.05, 0.1) is 10.5 Å². The van der Waals surface area contributed by atoms with Crippen molar-refractivity contribution in [3.8, 4) is 0 Å². The van der Waals surface area contributed by atoms with E-state index in [1.54, 1.807) is 37.3 Å². The van der Waals surface area contributed by atoms with Gasteiger partial charge in [-0.05, 0) is 30.7 Å². The molecule has 0 saturated carbocycles. The number of hydrazine groups is 2. The van der Waals surface area contributed by atoms with Crippen molar-refractivity contribution in [1.29, 1.82) is 0 Å². The molecule has 2 amide bonds. The van der Waals surface area contributed by atoms with Crippen LogP contribution in [0.15, 0.2) is 55.1 Å². The van der Waals surface area contributed by atoms with E-state index in [9.17, 15) is 19.7 Å². The molecule has 3 aromatic rings. The Balaban J connectivity index is 1.74. The summed E-state index contributed by atoms with van der Waals surface area (Å²) in [5, 5.41) is 11.5. The molecule has 0 fully saturated rings. The number of pyridine rings is 1. The number of anilines is 2. The fourth-order valence-corrected chi connectivity index (χ4v) is 2.43. The van der Waals surface area contributed by atoms with Crippen LogP contribution in [0.2, 0.25) is 0 Å². The fraction of sp³-hybridized carbons (Fsp3) is 0.0556. The van der Waals surface area contributed by atoms with Gasteiger partial charge in [0.1, 0.15) is 6.33 Å². The second-order valence-corrected chi connectivity index (χ2v) is 5.89. The molecule has 0 unspecified atom stereocenters. The van der Waals surface area contributed by atoms with Crippen molar-refractivity contribution in [3.05, 3.63) is 81.9 Å². The summed E-state index contributed by atoms with van der Waals surface area (Å²) < 4.78 is 0. The molecule has 4 N–H and O–H groups in total. The summed E-state index contributed by atoms with van der Waals surface area (Å²) in [6.07, 6.45) is 3.87. The molecule has 0 bridgehead atoms. The predicted molar refractivity (Wildman–Crippen MR) is 106 cm³/mol. The Morgan fingerprint density at radius 1 is 0.967 bits per heavy atom. The molecular formula is C18H16N8O4. The minimum absolute atomic E-state index is 0.241. The Kier molecular flexibility index (Phi) is 6.08. The first-order valence-electron chi connectivity index (χ1n) is 8.55. The van der Waals surface area contributed by atoms with Gasteiger partial charge in [0, 0.05) is 18.0 Å². The minimum Gasteiger partial charge on any atom is -0.276 e.